The predicted octanol–water partition coefficient (Wildman–Crippen LogP) is 2.79. The Hall–Kier alpha value is -2.58. The smallest absolute Gasteiger partial charge is 0.410 e. The second kappa shape index (κ2) is 9.76. The Bertz CT molecular complexity index is 868. The van der Waals surface area contributed by atoms with E-state index in [4.69, 9.17) is 4.74 Å². The van der Waals surface area contributed by atoms with Crippen LogP contribution in [0.2, 0.25) is 0 Å². The number of carbonyl (C=O) groups is 2. The summed E-state index contributed by atoms with van der Waals surface area (Å²) in [5, 5.41) is 13.7. The molecule has 2 atom stereocenters. The lowest BCUT2D eigenvalue weighted by Crippen LogP contribution is -2.38. The molecule has 2 aromatic rings. The second-order valence-electron chi connectivity index (χ2n) is 6.90. The van der Waals surface area contributed by atoms with Crippen molar-refractivity contribution in [2.75, 3.05) is 13.2 Å². The Morgan fingerprint density at radius 3 is 2.83 bits per heavy atom. The summed E-state index contributed by atoms with van der Waals surface area (Å²) >= 11 is 1.26. The van der Waals surface area contributed by atoms with E-state index >= 15 is 0 Å². The third-order valence-electron chi connectivity index (χ3n) is 4.97. The molecule has 2 heterocycles. The molecule has 1 amide bonds. The minimum absolute atomic E-state index is 0.00719. The first-order valence-electron chi connectivity index (χ1n) is 9.44. The van der Waals surface area contributed by atoms with E-state index in [1.807, 2.05) is 25.2 Å². The molecule has 1 aromatic heterocycles. The molecule has 7 nitrogen and oxygen atoms in total. The Labute approximate surface area is 174 Å². The fourth-order valence-electron chi connectivity index (χ4n) is 3.51. The molecular formula is C21H25N3O4S. The fourth-order valence-corrected chi connectivity index (χ4v) is 4.64. The van der Waals surface area contributed by atoms with Crippen molar-refractivity contribution in [3.05, 3.63) is 66.0 Å². The molecule has 29 heavy (non-hydrogen) atoms. The molecule has 0 bridgehead atoms. The average Bonchev–Trinajstić information content (AvgIpc) is 3.30. The summed E-state index contributed by atoms with van der Waals surface area (Å²) in [5.74, 6) is 0. The third kappa shape index (κ3) is 5.07. The quantitative estimate of drug-likeness (QED) is 0.700. The largest absolute Gasteiger partial charge is 0.445 e. The maximum absolute atomic E-state index is 12.6. The van der Waals surface area contributed by atoms with Gasteiger partial charge in [-0.1, -0.05) is 54.7 Å². The number of amides is 1. The number of aliphatic hydroxyl groups is 1. The number of thioether (sulfide) groups is 1. The van der Waals surface area contributed by atoms with Gasteiger partial charge in [0.25, 0.3) is 0 Å². The summed E-state index contributed by atoms with van der Waals surface area (Å²) in [7, 11) is 1.81. The summed E-state index contributed by atoms with van der Waals surface area (Å²) in [6.07, 6.45) is 3.93. The van der Waals surface area contributed by atoms with Crippen LogP contribution in [-0.4, -0.2) is 55.4 Å². The average molecular weight is 416 g/mol. The van der Waals surface area contributed by atoms with E-state index < -0.39 is 6.09 Å². The molecule has 0 aliphatic carbocycles. The maximum Gasteiger partial charge on any atom is 0.410 e. The summed E-state index contributed by atoms with van der Waals surface area (Å²) in [4.78, 5) is 26.8. The Morgan fingerprint density at radius 2 is 2.14 bits per heavy atom. The molecule has 1 aliphatic heterocycles. The molecule has 0 unspecified atom stereocenters. The molecule has 8 heteroatoms. The van der Waals surface area contributed by atoms with Crippen LogP contribution < -0.4 is 0 Å². The van der Waals surface area contributed by atoms with Crippen molar-refractivity contribution in [3.63, 3.8) is 0 Å². The molecule has 1 N–H and O–H groups in total. The third-order valence-corrected chi connectivity index (χ3v) is 6.09. The summed E-state index contributed by atoms with van der Waals surface area (Å²) in [5.41, 5.74) is 2.26. The van der Waals surface area contributed by atoms with Crippen molar-refractivity contribution in [1.29, 1.82) is 0 Å². The number of likely N-dealkylation sites (tertiary alicyclic amines) is 1. The topological polar surface area (TPSA) is 84.7 Å². The SMILES string of the molecule is C=CCOC(=O)N1C[C@@H](SC(=O)c2ccccc2)C[C@H]1Cc1c(CO)cnn1C. The van der Waals surface area contributed by atoms with Gasteiger partial charge in [0.15, 0.2) is 0 Å². The van der Waals surface area contributed by atoms with Gasteiger partial charge in [0.2, 0.25) is 5.12 Å². The zero-order chi connectivity index (χ0) is 20.8. The van der Waals surface area contributed by atoms with Gasteiger partial charge in [-0.15, -0.1) is 0 Å². The first-order valence-corrected chi connectivity index (χ1v) is 10.3. The number of hydrogen-bond acceptors (Lipinski definition) is 6. The number of nitrogens with zero attached hydrogens (tertiary/aromatic N) is 3. The van der Waals surface area contributed by atoms with Crippen molar-refractivity contribution >= 4 is 23.0 Å². The van der Waals surface area contributed by atoms with E-state index in [1.165, 1.54) is 17.8 Å². The van der Waals surface area contributed by atoms with Gasteiger partial charge in [0, 0.05) is 48.1 Å². The highest BCUT2D eigenvalue weighted by Crippen LogP contribution is 2.32. The summed E-state index contributed by atoms with van der Waals surface area (Å²) < 4.78 is 6.97. The molecule has 154 valence electrons. The van der Waals surface area contributed by atoms with Crippen LogP contribution in [0.4, 0.5) is 4.79 Å². The predicted molar refractivity (Wildman–Crippen MR) is 112 cm³/mol. The van der Waals surface area contributed by atoms with Crippen LogP contribution >= 0.6 is 11.8 Å². The van der Waals surface area contributed by atoms with Crippen LogP contribution in [0.5, 0.6) is 0 Å². The molecule has 3 rings (SSSR count). The molecule has 1 aliphatic rings. The van der Waals surface area contributed by atoms with E-state index in [0.717, 1.165) is 11.3 Å². The van der Waals surface area contributed by atoms with E-state index in [-0.39, 0.29) is 29.6 Å². The van der Waals surface area contributed by atoms with Crippen LogP contribution in [0.15, 0.2) is 49.2 Å². The van der Waals surface area contributed by atoms with E-state index in [0.29, 0.717) is 24.9 Å². The zero-order valence-corrected chi connectivity index (χ0v) is 17.2. The molecular weight excluding hydrogens is 390 g/mol. The van der Waals surface area contributed by atoms with Crippen molar-refractivity contribution < 1.29 is 19.4 Å². The number of benzene rings is 1. The van der Waals surface area contributed by atoms with Gasteiger partial charge in [-0.2, -0.15) is 5.10 Å². The monoisotopic (exact) mass is 415 g/mol. The number of carbonyl (C=O) groups excluding carboxylic acids is 2. The van der Waals surface area contributed by atoms with Crippen LogP contribution in [0, 0.1) is 0 Å². The lowest BCUT2D eigenvalue weighted by molar-refractivity contribution is 0.106. The normalized spacial score (nSPS) is 18.6. The Morgan fingerprint density at radius 1 is 1.38 bits per heavy atom. The highest BCUT2D eigenvalue weighted by molar-refractivity contribution is 8.14. The minimum Gasteiger partial charge on any atom is -0.445 e. The molecule has 1 fully saturated rings. The second-order valence-corrected chi connectivity index (χ2v) is 8.18. The van der Waals surface area contributed by atoms with Crippen LogP contribution in [0.3, 0.4) is 0 Å². The molecule has 1 aromatic carbocycles. The summed E-state index contributed by atoms with van der Waals surface area (Å²) in [6.45, 7) is 4.03. The van der Waals surface area contributed by atoms with Gasteiger partial charge in [0.05, 0.1) is 12.8 Å². The number of ether oxygens (including phenoxy) is 1. The number of rotatable bonds is 7. The first-order chi connectivity index (χ1) is 14.0. The van der Waals surface area contributed by atoms with Crippen LogP contribution in [0.1, 0.15) is 28.0 Å². The van der Waals surface area contributed by atoms with Gasteiger partial charge in [-0.3, -0.25) is 9.48 Å². The number of aromatic nitrogens is 2. The van der Waals surface area contributed by atoms with E-state index in [1.54, 1.807) is 27.9 Å². The van der Waals surface area contributed by atoms with Gasteiger partial charge >= 0.3 is 6.09 Å². The van der Waals surface area contributed by atoms with Crippen molar-refractivity contribution in [2.45, 2.75) is 30.7 Å². The Kier molecular flexibility index (Phi) is 7.11. The first kappa shape index (κ1) is 21.1. The van der Waals surface area contributed by atoms with Crippen molar-refractivity contribution in [2.24, 2.45) is 7.05 Å². The molecule has 1 saturated heterocycles. The van der Waals surface area contributed by atoms with E-state index in [9.17, 15) is 14.7 Å². The van der Waals surface area contributed by atoms with Gasteiger partial charge in [-0.25, -0.2) is 4.79 Å². The lowest BCUT2D eigenvalue weighted by atomic mass is 10.1. The zero-order valence-electron chi connectivity index (χ0n) is 16.4. The number of aryl methyl sites for hydroxylation is 1. The number of hydrogen-bond donors (Lipinski definition) is 1. The standard InChI is InChI=1S/C21H25N3O4S/c1-3-9-28-21(27)24-13-18(29-20(26)15-7-5-4-6-8-15)10-17(24)11-19-16(14-25)12-22-23(19)2/h3-8,12,17-18,25H,1,9-11,13-14H2,2H3/t17-,18-/m0/s1. The maximum atomic E-state index is 12.6. The minimum atomic E-state index is -0.419. The Balaban J connectivity index is 1.74. The highest BCUT2D eigenvalue weighted by Gasteiger charge is 2.38. The van der Waals surface area contributed by atoms with Gasteiger partial charge in [0.1, 0.15) is 6.61 Å². The van der Waals surface area contributed by atoms with Gasteiger partial charge in [-0.05, 0) is 6.42 Å². The van der Waals surface area contributed by atoms with Gasteiger partial charge < -0.3 is 14.7 Å². The molecule has 0 spiro atoms. The van der Waals surface area contributed by atoms with Crippen molar-refractivity contribution in [3.8, 4) is 0 Å². The lowest BCUT2D eigenvalue weighted by Gasteiger charge is -2.24. The summed E-state index contributed by atoms with van der Waals surface area (Å²) in [6, 6.07) is 8.99. The van der Waals surface area contributed by atoms with Crippen LogP contribution in [-0.2, 0) is 24.8 Å². The van der Waals surface area contributed by atoms with Crippen molar-refractivity contribution in [1.82, 2.24) is 14.7 Å². The highest BCUT2D eigenvalue weighted by atomic mass is 32.2. The molecule has 0 saturated carbocycles. The van der Waals surface area contributed by atoms with Crippen LogP contribution in [0.25, 0.3) is 0 Å². The fraction of sp³-hybridized carbons (Fsp3) is 0.381. The van der Waals surface area contributed by atoms with E-state index in [2.05, 4.69) is 11.7 Å². The number of aliphatic hydroxyl groups excluding tert-OH is 1. The molecule has 0 radical (unpaired) electrons.